The van der Waals surface area contributed by atoms with Gasteiger partial charge in [-0.1, -0.05) is 6.42 Å². The number of anilines is 1. The number of carbonyl (C=O) groups excluding carboxylic acids is 1. The number of carbonyl (C=O) groups is 1. The molecule has 1 aliphatic heterocycles. The van der Waals surface area contributed by atoms with Crippen molar-refractivity contribution in [3.05, 3.63) is 33.6 Å². The highest BCUT2D eigenvalue weighted by Crippen LogP contribution is 2.39. The molecule has 0 spiro atoms. The lowest BCUT2D eigenvalue weighted by molar-refractivity contribution is -0.384. The minimum absolute atomic E-state index is 0.110. The summed E-state index contributed by atoms with van der Waals surface area (Å²) in [7, 11) is 0. The minimum atomic E-state index is -0.821. The molecule has 2 fully saturated rings. The molecule has 7 heteroatoms. The lowest BCUT2D eigenvalue weighted by Gasteiger charge is -2.18. The van der Waals surface area contributed by atoms with Crippen molar-refractivity contribution in [1.29, 1.82) is 0 Å². The zero-order valence-corrected chi connectivity index (χ0v) is 11.4. The molecular weight excluding hydrogens is 277 g/mol. The van der Waals surface area contributed by atoms with Crippen LogP contribution in [0.3, 0.4) is 0 Å². The molecule has 0 radical (unpaired) electrons. The Hall–Kier alpha value is -2.18. The van der Waals surface area contributed by atoms with Crippen LogP contribution >= 0.6 is 0 Å². The number of hydrogen-bond donors (Lipinski definition) is 1. The molecule has 2 atom stereocenters. The number of nitro benzene ring substituents is 1. The predicted molar refractivity (Wildman–Crippen MR) is 74.2 cm³/mol. The van der Waals surface area contributed by atoms with E-state index in [1.807, 2.05) is 0 Å². The number of fused-ring (bicyclic) bond motifs is 1. The molecule has 1 aromatic rings. The van der Waals surface area contributed by atoms with Crippen molar-refractivity contribution in [2.45, 2.75) is 19.3 Å². The number of rotatable bonds is 2. The van der Waals surface area contributed by atoms with Gasteiger partial charge in [0, 0.05) is 13.1 Å². The number of nitrogens with zero attached hydrogens (tertiary/aromatic N) is 2. The van der Waals surface area contributed by atoms with E-state index in [0.717, 1.165) is 25.0 Å². The van der Waals surface area contributed by atoms with Crippen molar-refractivity contribution in [3.63, 3.8) is 0 Å². The molecule has 2 N–H and O–H groups in total. The van der Waals surface area contributed by atoms with E-state index < -0.39 is 22.3 Å². The van der Waals surface area contributed by atoms with E-state index in [1.165, 1.54) is 6.42 Å². The zero-order chi connectivity index (χ0) is 15.1. The molecule has 1 aromatic carbocycles. The van der Waals surface area contributed by atoms with E-state index in [-0.39, 0.29) is 11.3 Å². The van der Waals surface area contributed by atoms with Crippen LogP contribution in [0, 0.1) is 27.8 Å². The molecule has 0 bridgehead atoms. The van der Waals surface area contributed by atoms with Crippen molar-refractivity contribution < 1.29 is 14.1 Å². The van der Waals surface area contributed by atoms with Gasteiger partial charge in [0.15, 0.2) is 0 Å². The maximum atomic E-state index is 13.5. The van der Waals surface area contributed by atoms with Gasteiger partial charge in [-0.15, -0.1) is 0 Å². The minimum Gasteiger partial charge on any atom is -0.393 e. The third-order valence-corrected chi connectivity index (χ3v) is 4.56. The molecule has 112 valence electrons. The van der Waals surface area contributed by atoms with Crippen molar-refractivity contribution in [3.8, 4) is 0 Å². The molecule has 2 unspecified atom stereocenters. The Morgan fingerprint density at radius 2 is 1.95 bits per heavy atom. The van der Waals surface area contributed by atoms with Crippen molar-refractivity contribution >= 4 is 17.3 Å². The SMILES string of the molecule is Nc1c(C(=O)N2CC3CCCC3C2)cc(F)cc1[N+](=O)[O-]. The second kappa shape index (κ2) is 4.98. The normalized spacial score (nSPS) is 24.1. The lowest BCUT2D eigenvalue weighted by atomic mass is 10.0. The third-order valence-electron chi connectivity index (χ3n) is 4.56. The number of hydrogen-bond acceptors (Lipinski definition) is 4. The van der Waals surface area contributed by atoms with E-state index in [0.29, 0.717) is 24.9 Å². The Balaban J connectivity index is 1.90. The maximum absolute atomic E-state index is 13.5. The lowest BCUT2D eigenvalue weighted by Crippen LogP contribution is -2.30. The Morgan fingerprint density at radius 1 is 1.33 bits per heavy atom. The van der Waals surface area contributed by atoms with Crippen LogP contribution in [-0.2, 0) is 0 Å². The summed E-state index contributed by atoms with van der Waals surface area (Å²) in [5.74, 6) is -0.236. The summed E-state index contributed by atoms with van der Waals surface area (Å²) in [5, 5.41) is 10.9. The molecule has 2 aliphatic rings. The van der Waals surface area contributed by atoms with Crippen molar-refractivity contribution in [2.75, 3.05) is 18.8 Å². The second-order valence-corrected chi connectivity index (χ2v) is 5.80. The number of amides is 1. The fourth-order valence-corrected chi connectivity index (χ4v) is 3.50. The number of nitrogens with two attached hydrogens (primary N) is 1. The molecule has 1 amide bonds. The topological polar surface area (TPSA) is 89.5 Å². The summed E-state index contributed by atoms with van der Waals surface area (Å²) >= 11 is 0. The van der Waals surface area contributed by atoms with Gasteiger partial charge in [-0.2, -0.15) is 0 Å². The average Bonchev–Trinajstić information content (AvgIpc) is 3.00. The van der Waals surface area contributed by atoms with Gasteiger partial charge in [0.2, 0.25) is 0 Å². The fourth-order valence-electron chi connectivity index (χ4n) is 3.50. The summed E-state index contributed by atoms with van der Waals surface area (Å²) in [5.41, 5.74) is 4.75. The third kappa shape index (κ3) is 2.32. The molecule has 3 rings (SSSR count). The highest BCUT2D eigenvalue weighted by atomic mass is 19.1. The Bertz CT molecular complexity index is 608. The number of likely N-dealkylation sites (tertiary alicyclic amines) is 1. The number of nitrogen functional groups attached to an aromatic ring is 1. The average molecular weight is 293 g/mol. The van der Waals surface area contributed by atoms with Crippen LogP contribution in [0.15, 0.2) is 12.1 Å². The quantitative estimate of drug-likeness (QED) is 0.514. The van der Waals surface area contributed by atoms with E-state index >= 15 is 0 Å². The highest BCUT2D eigenvalue weighted by Gasteiger charge is 2.39. The molecule has 1 aliphatic carbocycles. The monoisotopic (exact) mass is 293 g/mol. The smallest absolute Gasteiger partial charge is 0.295 e. The van der Waals surface area contributed by atoms with Crippen LogP contribution < -0.4 is 5.73 Å². The van der Waals surface area contributed by atoms with Crippen molar-refractivity contribution in [2.24, 2.45) is 11.8 Å². The Kier molecular flexibility index (Phi) is 3.27. The highest BCUT2D eigenvalue weighted by molar-refractivity contribution is 6.01. The Labute approximate surface area is 120 Å². The van der Waals surface area contributed by atoms with Gasteiger partial charge >= 0.3 is 0 Å². The fraction of sp³-hybridized carbons (Fsp3) is 0.500. The van der Waals surface area contributed by atoms with Gasteiger partial charge in [0.05, 0.1) is 16.6 Å². The van der Waals surface area contributed by atoms with Gasteiger partial charge in [0.25, 0.3) is 11.6 Å². The molecule has 0 aromatic heterocycles. The summed E-state index contributed by atoms with van der Waals surface area (Å²) in [6.07, 6.45) is 3.39. The van der Waals surface area contributed by atoms with Crippen LogP contribution in [-0.4, -0.2) is 28.8 Å². The molecule has 21 heavy (non-hydrogen) atoms. The van der Waals surface area contributed by atoms with Gasteiger partial charge < -0.3 is 10.6 Å². The van der Waals surface area contributed by atoms with Crippen LogP contribution in [0.4, 0.5) is 15.8 Å². The second-order valence-electron chi connectivity index (χ2n) is 5.80. The van der Waals surface area contributed by atoms with Crippen LogP contribution in [0.25, 0.3) is 0 Å². The van der Waals surface area contributed by atoms with Gasteiger partial charge in [-0.25, -0.2) is 4.39 Å². The first-order valence-corrected chi connectivity index (χ1v) is 7.00. The molecule has 1 saturated heterocycles. The maximum Gasteiger partial charge on any atom is 0.295 e. The number of benzene rings is 1. The summed E-state index contributed by atoms with van der Waals surface area (Å²) in [6, 6.07) is 1.73. The van der Waals surface area contributed by atoms with Crippen molar-refractivity contribution in [1.82, 2.24) is 4.90 Å². The van der Waals surface area contributed by atoms with Gasteiger partial charge in [-0.3, -0.25) is 14.9 Å². The van der Waals surface area contributed by atoms with E-state index in [4.69, 9.17) is 5.73 Å². The molecular formula is C14H16FN3O3. The molecule has 6 nitrogen and oxygen atoms in total. The van der Waals surface area contributed by atoms with E-state index in [9.17, 15) is 19.3 Å². The summed E-state index contributed by atoms with van der Waals surface area (Å²) < 4.78 is 13.5. The van der Waals surface area contributed by atoms with E-state index in [1.54, 1.807) is 4.90 Å². The van der Waals surface area contributed by atoms with Gasteiger partial charge in [0.1, 0.15) is 11.5 Å². The number of nitro groups is 1. The largest absolute Gasteiger partial charge is 0.393 e. The Morgan fingerprint density at radius 3 is 2.52 bits per heavy atom. The first-order valence-electron chi connectivity index (χ1n) is 7.00. The first kappa shape index (κ1) is 13.8. The standard InChI is InChI=1S/C14H16FN3O3/c15-10-4-11(13(16)12(5-10)18(20)21)14(19)17-6-8-2-1-3-9(8)7-17/h4-5,8-9H,1-3,6-7,16H2. The zero-order valence-electron chi connectivity index (χ0n) is 11.4. The summed E-state index contributed by atoms with van der Waals surface area (Å²) in [6.45, 7) is 1.26. The van der Waals surface area contributed by atoms with Crippen LogP contribution in [0.2, 0.25) is 0 Å². The van der Waals surface area contributed by atoms with Crippen LogP contribution in [0.1, 0.15) is 29.6 Å². The van der Waals surface area contributed by atoms with E-state index in [2.05, 4.69) is 0 Å². The van der Waals surface area contributed by atoms with Gasteiger partial charge in [-0.05, 0) is 30.7 Å². The predicted octanol–water partition coefficient (Wildman–Crippen LogP) is 2.19. The molecule has 1 heterocycles. The summed E-state index contributed by atoms with van der Waals surface area (Å²) in [4.78, 5) is 24.2. The van der Waals surface area contributed by atoms with Crippen LogP contribution in [0.5, 0.6) is 0 Å². The number of halogens is 1. The molecule has 1 saturated carbocycles. The first-order chi connectivity index (χ1) is 9.97.